The minimum atomic E-state index is -2.77. The molecule has 3 aromatic rings. The van der Waals surface area contributed by atoms with Gasteiger partial charge in [0.25, 0.3) is 6.43 Å². The van der Waals surface area contributed by atoms with Gasteiger partial charge in [-0.3, -0.25) is 0 Å². The molecule has 5 nitrogen and oxygen atoms in total. The fourth-order valence-electron chi connectivity index (χ4n) is 3.69. The van der Waals surface area contributed by atoms with Gasteiger partial charge in [0.1, 0.15) is 5.82 Å². The molecule has 1 saturated heterocycles. The molecule has 0 saturated carbocycles. The first-order chi connectivity index (χ1) is 14.0. The topological polar surface area (TPSA) is 58.5 Å². The van der Waals surface area contributed by atoms with Gasteiger partial charge in [-0.2, -0.15) is 0 Å². The molecule has 1 aliphatic heterocycles. The predicted octanol–water partition coefficient (Wildman–Crippen LogP) is 4.12. The summed E-state index contributed by atoms with van der Waals surface area (Å²) < 4.78 is 32.4. The predicted molar refractivity (Wildman–Crippen MR) is 107 cm³/mol. The molecule has 1 aliphatic rings. The van der Waals surface area contributed by atoms with E-state index in [1.54, 1.807) is 12.1 Å². The number of halogens is 2. The number of hydrogen-bond acceptors (Lipinski definition) is 5. The third-order valence-electron chi connectivity index (χ3n) is 5.22. The Morgan fingerprint density at radius 2 is 1.69 bits per heavy atom. The summed E-state index contributed by atoms with van der Waals surface area (Å²) in [6.45, 7) is 1.66. The average Bonchev–Trinajstić information content (AvgIpc) is 2.73. The van der Waals surface area contributed by atoms with E-state index in [-0.39, 0.29) is 6.54 Å². The van der Waals surface area contributed by atoms with Gasteiger partial charge in [-0.15, -0.1) is 0 Å². The van der Waals surface area contributed by atoms with Crippen molar-refractivity contribution in [2.45, 2.75) is 31.4 Å². The van der Waals surface area contributed by atoms with Crippen molar-refractivity contribution in [1.82, 2.24) is 9.97 Å². The number of aliphatic hydroxyl groups is 1. The molecule has 0 atom stereocenters. The molecular formula is C22H23F2N3O2. The standard InChI is InChI=1S/C22H23F2N3O2/c23-19(24)20-25-18-9-5-4-8-17(18)21(26-20)27(14-16-6-2-1-3-7-16)15-22(28)10-12-29-13-11-22/h1-9,19,28H,10-15H2. The van der Waals surface area contributed by atoms with Gasteiger partial charge in [0.05, 0.1) is 11.1 Å². The van der Waals surface area contributed by atoms with Crippen LogP contribution in [0.3, 0.4) is 0 Å². The van der Waals surface area contributed by atoms with Crippen molar-refractivity contribution in [3.05, 3.63) is 66.0 Å². The molecular weight excluding hydrogens is 376 g/mol. The van der Waals surface area contributed by atoms with E-state index in [2.05, 4.69) is 9.97 Å². The number of benzene rings is 2. The first kappa shape index (κ1) is 19.7. The number of alkyl halides is 2. The minimum Gasteiger partial charge on any atom is -0.388 e. The van der Waals surface area contributed by atoms with Crippen molar-refractivity contribution in [1.29, 1.82) is 0 Å². The second-order valence-electron chi connectivity index (χ2n) is 7.40. The zero-order valence-electron chi connectivity index (χ0n) is 16.0. The largest absolute Gasteiger partial charge is 0.388 e. The first-order valence-electron chi connectivity index (χ1n) is 9.68. The number of anilines is 1. The summed E-state index contributed by atoms with van der Waals surface area (Å²) >= 11 is 0. The Bertz CT molecular complexity index is 963. The zero-order chi connectivity index (χ0) is 20.3. The summed E-state index contributed by atoms with van der Waals surface area (Å²) in [4.78, 5) is 10.1. The van der Waals surface area contributed by atoms with Crippen molar-refractivity contribution >= 4 is 16.7 Å². The van der Waals surface area contributed by atoms with E-state index in [0.29, 0.717) is 49.3 Å². The Labute approximate surface area is 168 Å². The van der Waals surface area contributed by atoms with Crippen molar-refractivity contribution in [3.8, 4) is 0 Å². The first-order valence-corrected chi connectivity index (χ1v) is 9.68. The quantitative estimate of drug-likeness (QED) is 0.676. The lowest BCUT2D eigenvalue weighted by Gasteiger charge is -2.37. The second kappa shape index (κ2) is 8.39. The normalized spacial score (nSPS) is 16.3. The maximum atomic E-state index is 13.5. The zero-order valence-corrected chi connectivity index (χ0v) is 16.0. The van der Waals surface area contributed by atoms with Crippen LogP contribution >= 0.6 is 0 Å². The highest BCUT2D eigenvalue weighted by molar-refractivity contribution is 5.89. The van der Waals surface area contributed by atoms with Gasteiger partial charge < -0.3 is 14.7 Å². The summed E-state index contributed by atoms with van der Waals surface area (Å²) in [5.41, 5.74) is 0.499. The smallest absolute Gasteiger partial charge is 0.297 e. The minimum absolute atomic E-state index is 0.273. The Kier molecular flexibility index (Phi) is 5.69. The van der Waals surface area contributed by atoms with E-state index in [0.717, 1.165) is 5.56 Å². The van der Waals surface area contributed by atoms with E-state index in [9.17, 15) is 13.9 Å². The Morgan fingerprint density at radius 3 is 2.41 bits per heavy atom. The molecule has 0 bridgehead atoms. The molecule has 7 heteroatoms. The average molecular weight is 399 g/mol. The van der Waals surface area contributed by atoms with E-state index < -0.39 is 17.9 Å². The van der Waals surface area contributed by atoms with Gasteiger partial charge in [0.15, 0.2) is 5.82 Å². The fourth-order valence-corrected chi connectivity index (χ4v) is 3.69. The molecule has 0 unspecified atom stereocenters. The Morgan fingerprint density at radius 1 is 1.00 bits per heavy atom. The molecule has 0 amide bonds. The monoisotopic (exact) mass is 399 g/mol. The van der Waals surface area contributed by atoms with Crippen molar-refractivity contribution in [2.24, 2.45) is 0 Å². The molecule has 29 heavy (non-hydrogen) atoms. The van der Waals surface area contributed by atoms with E-state index in [4.69, 9.17) is 4.74 Å². The molecule has 2 aromatic carbocycles. The molecule has 0 aliphatic carbocycles. The van der Waals surface area contributed by atoms with Crippen LogP contribution in [0.15, 0.2) is 54.6 Å². The van der Waals surface area contributed by atoms with Crippen molar-refractivity contribution < 1.29 is 18.6 Å². The van der Waals surface area contributed by atoms with Crippen LogP contribution in [-0.2, 0) is 11.3 Å². The summed E-state index contributed by atoms with van der Waals surface area (Å²) in [6, 6.07) is 16.9. The maximum absolute atomic E-state index is 13.5. The van der Waals surface area contributed by atoms with Gasteiger partial charge in [0, 0.05) is 44.5 Å². The molecule has 4 rings (SSSR count). The summed E-state index contributed by atoms with van der Waals surface area (Å²) in [6.07, 6.45) is -1.80. The van der Waals surface area contributed by atoms with Crippen LogP contribution in [0, 0.1) is 0 Å². The summed E-state index contributed by atoms with van der Waals surface area (Å²) in [5, 5.41) is 11.8. The number of ether oxygens (including phenoxy) is 1. The van der Waals surface area contributed by atoms with Crippen LogP contribution in [0.4, 0.5) is 14.6 Å². The molecule has 2 heterocycles. The van der Waals surface area contributed by atoms with Crippen LogP contribution in [0.2, 0.25) is 0 Å². The number of rotatable bonds is 6. The van der Waals surface area contributed by atoms with Crippen LogP contribution < -0.4 is 4.90 Å². The van der Waals surface area contributed by atoms with E-state index in [1.807, 2.05) is 47.4 Å². The van der Waals surface area contributed by atoms with Crippen LogP contribution in [0.5, 0.6) is 0 Å². The van der Waals surface area contributed by atoms with E-state index in [1.165, 1.54) is 0 Å². The number of para-hydroxylation sites is 1. The molecule has 1 N–H and O–H groups in total. The molecule has 0 spiro atoms. The van der Waals surface area contributed by atoms with Crippen LogP contribution in [0.25, 0.3) is 10.9 Å². The molecule has 1 fully saturated rings. The highest BCUT2D eigenvalue weighted by Gasteiger charge is 2.33. The molecule has 152 valence electrons. The van der Waals surface area contributed by atoms with Gasteiger partial charge in [0.2, 0.25) is 0 Å². The number of hydrogen-bond donors (Lipinski definition) is 1. The highest BCUT2D eigenvalue weighted by Crippen LogP contribution is 2.31. The second-order valence-corrected chi connectivity index (χ2v) is 7.40. The van der Waals surface area contributed by atoms with Gasteiger partial charge in [-0.1, -0.05) is 42.5 Å². The number of aromatic nitrogens is 2. The molecule has 1 aromatic heterocycles. The number of nitrogens with zero attached hydrogens (tertiary/aromatic N) is 3. The number of fused-ring (bicyclic) bond motifs is 1. The fraction of sp³-hybridized carbons (Fsp3) is 0.364. The summed E-state index contributed by atoms with van der Waals surface area (Å²) in [7, 11) is 0. The summed E-state index contributed by atoms with van der Waals surface area (Å²) in [5.74, 6) is -0.0922. The lowest BCUT2D eigenvalue weighted by atomic mass is 9.93. The maximum Gasteiger partial charge on any atom is 0.297 e. The van der Waals surface area contributed by atoms with Crippen LogP contribution in [0.1, 0.15) is 30.7 Å². The lowest BCUT2D eigenvalue weighted by Crippen LogP contribution is -2.47. The van der Waals surface area contributed by atoms with Crippen LogP contribution in [-0.4, -0.2) is 40.4 Å². The van der Waals surface area contributed by atoms with Gasteiger partial charge in [-0.25, -0.2) is 18.7 Å². The third-order valence-corrected chi connectivity index (χ3v) is 5.22. The molecule has 0 radical (unpaired) electrons. The Hall–Kier alpha value is -2.64. The highest BCUT2D eigenvalue weighted by atomic mass is 19.3. The van der Waals surface area contributed by atoms with E-state index >= 15 is 0 Å². The van der Waals surface area contributed by atoms with Gasteiger partial charge in [-0.05, 0) is 17.7 Å². The third kappa shape index (κ3) is 4.52. The van der Waals surface area contributed by atoms with Gasteiger partial charge >= 0.3 is 0 Å². The SMILES string of the molecule is OC1(CN(Cc2ccccc2)c2nc(C(F)F)nc3ccccc23)CCOCC1. The Balaban J connectivity index is 1.79. The van der Waals surface area contributed by atoms with Crippen molar-refractivity contribution in [3.63, 3.8) is 0 Å². The van der Waals surface area contributed by atoms with Crippen molar-refractivity contribution in [2.75, 3.05) is 24.7 Å². The lowest BCUT2D eigenvalue weighted by molar-refractivity contribution is -0.0580.